The summed E-state index contributed by atoms with van der Waals surface area (Å²) in [4.78, 5) is 27.2. The summed E-state index contributed by atoms with van der Waals surface area (Å²) in [6.07, 6.45) is 10.5. The third-order valence-corrected chi connectivity index (χ3v) is 4.55. The Morgan fingerprint density at radius 3 is 2.68 bits per heavy atom. The molecule has 3 aromatic rings. The third kappa shape index (κ3) is 3.26. The molecule has 0 aromatic carbocycles. The molecule has 7 nitrogen and oxygen atoms in total. The average molecular weight is 334 g/mol. The predicted molar refractivity (Wildman–Crippen MR) is 91.7 cm³/mol. The molecule has 7 heteroatoms. The topological polar surface area (TPSA) is 87.7 Å². The molecule has 1 saturated heterocycles. The van der Waals surface area contributed by atoms with Crippen LogP contribution < -0.4 is 0 Å². The molecule has 4 heterocycles. The number of rotatable bonds is 3. The Morgan fingerprint density at radius 2 is 1.96 bits per heavy atom. The Morgan fingerprint density at radius 1 is 1.12 bits per heavy atom. The van der Waals surface area contributed by atoms with E-state index in [1.807, 2.05) is 23.2 Å². The number of nitrogens with zero attached hydrogens (tertiary/aromatic N) is 5. The van der Waals surface area contributed by atoms with Gasteiger partial charge in [0.2, 0.25) is 0 Å². The van der Waals surface area contributed by atoms with Gasteiger partial charge in [-0.15, -0.1) is 0 Å². The van der Waals surface area contributed by atoms with Gasteiger partial charge in [0, 0.05) is 55.6 Å². The SMILES string of the molecule is O=C(c1cc(-c2cccnc2)n[nH]1)N1CCC(c2cnccn2)CC1. The second-order valence-corrected chi connectivity index (χ2v) is 6.11. The smallest absolute Gasteiger partial charge is 0.271 e. The number of likely N-dealkylation sites (tertiary alicyclic amines) is 1. The number of nitrogens with one attached hydrogen (secondary N) is 1. The molecule has 0 unspecified atom stereocenters. The van der Waals surface area contributed by atoms with Crippen molar-refractivity contribution in [3.05, 3.63) is 60.6 Å². The molecule has 1 aliphatic heterocycles. The molecule has 1 fully saturated rings. The molecule has 4 rings (SSSR count). The van der Waals surface area contributed by atoms with E-state index in [4.69, 9.17) is 0 Å². The first-order valence-electron chi connectivity index (χ1n) is 8.32. The molecular formula is C18H18N6O. The first kappa shape index (κ1) is 15.4. The van der Waals surface area contributed by atoms with Gasteiger partial charge in [0.05, 0.1) is 11.4 Å². The average Bonchev–Trinajstić information content (AvgIpc) is 3.19. The molecule has 0 spiro atoms. The molecule has 0 atom stereocenters. The summed E-state index contributed by atoms with van der Waals surface area (Å²) in [5, 5.41) is 7.09. The number of piperidine rings is 1. The van der Waals surface area contributed by atoms with E-state index in [0.29, 0.717) is 24.7 Å². The van der Waals surface area contributed by atoms with Crippen LogP contribution in [0.3, 0.4) is 0 Å². The van der Waals surface area contributed by atoms with Crippen LogP contribution in [0.1, 0.15) is 34.9 Å². The first-order chi connectivity index (χ1) is 12.3. The van der Waals surface area contributed by atoms with Gasteiger partial charge in [0.15, 0.2) is 0 Å². The molecule has 1 aliphatic rings. The summed E-state index contributed by atoms with van der Waals surface area (Å²) < 4.78 is 0. The summed E-state index contributed by atoms with van der Waals surface area (Å²) in [5.41, 5.74) is 3.14. The molecule has 0 radical (unpaired) electrons. The van der Waals surface area contributed by atoms with Crippen molar-refractivity contribution in [3.63, 3.8) is 0 Å². The van der Waals surface area contributed by atoms with Crippen molar-refractivity contribution in [2.24, 2.45) is 0 Å². The maximum absolute atomic E-state index is 12.7. The second-order valence-electron chi connectivity index (χ2n) is 6.11. The summed E-state index contributed by atoms with van der Waals surface area (Å²) in [6.45, 7) is 1.42. The van der Waals surface area contributed by atoms with Gasteiger partial charge >= 0.3 is 0 Å². The van der Waals surface area contributed by atoms with Crippen LogP contribution in [-0.4, -0.2) is 49.0 Å². The molecule has 25 heavy (non-hydrogen) atoms. The van der Waals surface area contributed by atoms with Gasteiger partial charge < -0.3 is 4.90 Å². The van der Waals surface area contributed by atoms with E-state index in [0.717, 1.165) is 29.8 Å². The number of pyridine rings is 1. The molecule has 0 bridgehead atoms. The van der Waals surface area contributed by atoms with E-state index < -0.39 is 0 Å². The van der Waals surface area contributed by atoms with E-state index >= 15 is 0 Å². The third-order valence-electron chi connectivity index (χ3n) is 4.55. The lowest BCUT2D eigenvalue weighted by Crippen LogP contribution is -2.38. The maximum Gasteiger partial charge on any atom is 0.271 e. The van der Waals surface area contributed by atoms with Gasteiger partial charge in [-0.1, -0.05) is 0 Å². The number of H-pyrrole nitrogens is 1. The highest BCUT2D eigenvalue weighted by molar-refractivity contribution is 5.93. The molecule has 1 N–H and O–H groups in total. The number of carbonyl (C=O) groups is 1. The lowest BCUT2D eigenvalue weighted by Gasteiger charge is -2.31. The summed E-state index contributed by atoms with van der Waals surface area (Å²) >= 11 is 0. The van der Waals surface area contributed by atoms with Crippen LogP contribution in [0.25, 0.3) is 11.3 Å². The standard InChI is InChI=1S/C18H18N6O/c25-18(16-10-15(22-23-16)14-2-1-5-19-11-14)24-8-3-13(4-9-24)17-12-20-6-7-21-17/h1-2,5-7,10-13H,3-4,8-9H2,(H,22,23). The van der Waals surface area contributed by atoms with Crippen LogP contribution in [0.5, 0.6) is 0 Å². The summed E-state index contributed by atoms with van der Waals surface area (Å²) in [5.74, 6) is 0.353. The van der Waals surface area contributed by atoms with Gasteiger partial charge in [-0.25, -0.2) is 0 Å². The van der Waals surface area contributed by atoms with Crippen LogP contribution >= 0.6 is 0 Å². The van der Waals surface area contributed by atoms with Crippen LogP contribution in [0, 0.1) is 0 Å². The van der Waals surface area contributed by atoms with E-state index in [1.165, 1.54) is 0 Å². The minimum Gasteiger partial charge on any atom is -0.337 e. The van der Waals surface area contributed by atoms with E-state index in [1.54, 1.807) is 30.9 Å². The van der Waals surface area contributed by atoms with Gasteiger partial charge in [0.1, 0.15) is 5.69 Å². The molecule has 0 saturated carbocycles. The fourth-order valence-electron chi connectivity index (χ4n) is 3.16. The quantitative estimate of drug-likeness (QED) is 0.794. The zero-order valence-electron chi connectivity index (χ0n) is 13.7. The Balaban J connectivity index is 1.42. The molecular weight excluding hydrogens is 316 g/mol. The van der Waals surface area contributed by atoms with Crippen LogP contribution in [0.2, 0.25) is 0 Å². The number of carbonyl (C=O) groups excluding carboxylic acids is 1. The van der Waals surface area contributed by atoms with E-state index in [-0.39, 0.29) is 5.91 Å². The van der Waals surface area contributed by atoms with Crippen molar-refractivity contribution in [2.75, 3.05) is 13.1 Å². The lowest BCUT2D eigenvalue weighted by molar-refractivity contribution is 0.0706. The number of aromatic amines is 1. The van der Waals surface area contributed by atoms with Crippen molar-refractivity contribution >= 4 is 5.91 Å². The van der Waals surface area contributed by atoms with Gasteiger partial charge in [-0.05, 0) is 31.0 Å². The largest absolute Gasteiger partial charge is 0.337 e. The highest BCUT2D eigenvalue weighted by Gasteiger charge is 2.26. The van der Waals surface area contributed by atoms with Gasteiger partial charge in [-0.3, -0.25) is 24.8 Å². The van der Waals surface area contributed by atoms with E-state index in [9.17, 15) is 4.79 Å². The highest BCUT2D eigenvalue weighted by atomic mass is 16.2. The van der Waals surface area contributed by atoms with E-state index in [2.05, 4.69) is 25.1 Å². The fourth-order valence-corrected chi connectivity index (χ4v) is 3.16. The van der Waals surface area contributed by atoms with Crippen LogP contribution in [-0.2, 0) is 0 Å². The van der Waals surface area contributed by atoms with Gasteiger partial charge in [0.25, 0.3) is 5.91 Å². The predicted octanol–water partition coefficient (Wildman–Crippen LogP) is 2.28. The van der Waals surface area contributed by atoms with Crippen molar-refractivity contribution < 1.29 is 4.79 Å². The molecule has 3 aromatic heterocycles. The number of aromatic nitrogens is 5. The minimum absolute atomic E-state index is 0.0137. The second kappa shape index (κ2) is 6.80. The Kier molecular flexibility index (Phi) is 4.20. The number of hydrogen-bond acceptors (Lipinski definition) is 5. The normalized spacial score (nSPS) is 15.3. The molecule has 0 aliphatic carbocycles. The molecule has 126 valence electrons. The van der Waals surface area contributed by atoms with Crippen molar-refractivity contribution in [2.45, 2.75) is 18.8 Å². The minimum atomic E-state index is -0.0137. The van der Waals surface area contributed by atoms with Crippen molar-refractivity contribution in [3.8, 4) is 11.3 Å². The number of hydrogen-bond donors (Lipinski definition) is 1. The number of amides is 1. The Bertz CT molecular complexity index is 840. The van der Waals surface area contributed by atoms with Crippen molar-refractivity contribution in [1.82, 2.24) is 30.0 Å². The zero-order chi connectivity index (χ0) is 17.1. The van der Waals surface area contributed by atoms with Crippen LogP contribution in [0.15, 0.2) is 49.2 Å². The summed E-state index contributed by atoms with van der Waals surface area (Å²) in [6, 6.07) is 5.56. The Labute approximate surface area is 145 Å². The first-order valence-corrected chi connectivity index (χ1v) is 8.32. The fraction of sp³-hybridized carbons (Fsp3) is 0.278. The van der Waals surface area contributed by atoms with Crippen LogP contribution in [0.4, 0.5) is 0 Å². The lowest BCUT2D eigenvalue weighted by atomic mass is 9.93. The van der Waals surface area contributed by atoms with Gasteiger partial charge in [-0.2, -0.15) is 5.10 Å². The Hall–Kier alpha value is -3.09. The zero-order valence-corrected chi connectivity index (χ0v) is 13.7. The monoisotopic (exact) mass is 334 g/mol. The summed E-state index contributed by atoms with van der Waals surface area (Å²) in [7, 11) is 0. The maximum atomic E-state index is 12.7. The highest BCUT2D eigenvalue weighted by Crippen LogP contribution is 2.27. The van der Waals surface area contributed by atoms with Crippen molar-refractivity contribution in [1.29, 1.82) is 0 Å². The molecule has 1 amide bonds.